The first-order valence-electron chi connectivity index (χ1n) is 10.6. The molecule has 3 aliphatic heterocycles. The second-order valence-corrected chi connectivity index (χ2v) is 8.30. The van der Waals surface area contributed by atoms with Gasteiger partial charge in [0.2, 0.25) is 11.8 Å². The van der Waals surface area contributed by atoms with Gasteiger partial charge in [-0.05, 0) is 38.2 Å². The normalized spacial score (nSPS) is 28.0. The number of rotatable bonds is 3. The van der Waals surface area contributed by atoms with Crippen molar-refractivity contribution in [1.29, 1.82) is 0 Å². The minimum atomic E-state index is -0.164. The molecule has 3 fully saturated rings. The summed E-state index contributed by atoms with van der Waals surface area (Å²) in [6, 6.07) is 8.49. The minimum Gasteiger partial charge on any atom is -0.373 e. The largest absolute Gasteiger partial charge is 0.373 e. The number of benzene rings is 1. The highest BCUT2D eigenvalue weighted by Gasteiger charge is 2.38. The Labute approximate surface area is 179 Å². The SMILES string of the molecule is Cc1ccc(C2OCCCC2C(=O)N2CCCC(N3CCNCC3=O)C2)cc1.Cl. The summed E-state index contributed by atoms with van der Waals surface area (Å²) in [4.78, 5) is 29.7. The lowest BCUT2D eigenvalue weighted by atomic mass is 9.87. The van der Waals surface area contributed by atoms with E-state index in [0.717, 1.165) is 50.9 Å². The highest BCUT2D eigenvalue weighted by molar-refractivity contribution is 5.85. The van der Waals surface area contributed by atoms with Crippen LogP contribution in [-0.2, 0) is 14.3 Å². The van der Waals surface area contributed by atoms with Gasteiger partial charge in [-0.3, -0.25) is 9.59 Å². The monoisotopic (exact) mass is 421 g/mol. The van der Waals surface area contributed by atoms with Crippen LogP contribution in [0.2, 0.25) is 0 Å². The first-order valence-corrected chi connectivity index (χ1v) is 10.6. The topological polar surface area (TPSA) is 61.9 Å². The van der Waals surface area contributed by atoms with Crippen molar-refractivity contribution in [3.8, 4) is 0 Å². The third-order valence-electron chi connectivity index (χ3n) is 6.32. The van der Waals surface area contributed by atoms with Crippen LogP contribution in [0.4, 0.5) is 0 Å². The molecule has 3 heterocycles. The highest BCUT2D eigenvalue weighted by Crippen LogP contribution is 2.35. The molecule has 29 heavy (non-hydrogen) atoms. The van der Waals surface area contributed by atoms with Crippen molar-refractivity contribution < 1.29 is 14.3 Å². The van der Waals surface area contributed by atoms with Gasteiger partial charge in [0.15, 0.2) is 0 Å². The molecule has 3 aliphatic rings. The molecule has 1 aromatic rings. The van der Waals surface area contributed by atoms with Gasteiger partial charge in [0, 0.05) is 38.8 Å². The fourth-order valence-corrected chi connectivity index (χ4v) is 4.77. The van der Waals surface area contributed by atoms with Gasteiger partial charge in [0.25, 0.3) is 0 Å². The standard InChI is InChI=1S/C22H31N3O3.ClH/c1-16-6-8-17(9-7-16)21-19(5-3-13-28-21)22(27)24-11-2-4-18(15-24)25-12-10-23-14-20(25)26;/h6-9,18-19,21,23H,2-5,10-15H2,1H3;1H. The van der Waals surface area contributed by atoms with Crippen molar-refractivity contribution in [3.05, 3.63) is 35.4 Å². The predicted molar refractivity (Wildman–Crippen MR) is 114 cm³/mol. The van der Waals surface area contributed by atoms with E-state index in [1.165, 1.54) is 5.56 Å². The molecule has 1 aromatic carbocycles. The van der Waals surface area contributed by atoms with Crippen LogP contribution in [0.5, 0.6) is 0 Å². The van der Waals surface area contributed by atoms with Crippen LogP contribution in [0.3, 0.4) is 0 Å². The Kier molecular flexibility index (Phi) is 7.55. The molecule has 0 aliphatic carbocycles. The number of halogens is 1. The molecule has 3 saturated heterocycles. The zero-order valence-electron chi connectivity index (χ0n) is 17.1. The molecule has 0 aromatic heterocycles. The number of ether oxygens (including phenoxy) is 1. The third kappa shape index (κ3) is 4.93. The fourth-order valence-electron chi connectivity index (χ4n) is 4.77. The third-order valence-corrected chi connectivity index (χ3v) is 6.32. The van der Waals surface area contributed by atoms with Gasteiger partial charge < -0.3 is 19.9 Å². The number of nitrogens with zero attached hydrogens (tertiary/aromatic N) is 2. The van der Waals surface area contributed by atoms with Crippen molar-refractivity contribution in [1.82, 2.24) is 15.1 Å². The molecular weight excluding hydrogens is 390 g/mol. The van der Waals surface area contributed by atoms with Crippen molar-refractivity contribution in [3.63, 3.8) is 0 Å². The average Bonchev–Trinajstić information content (AvgIpc) is 2.74. The smallest absolute Gasteiger partial charge is 0.236 e. The first kappa shape index (κ1) is 22.1. The number of nitrogens with one attached hydrogen (secondary N) is 1. The molecule has 0 spiro atoms. The molecular formula is C22H32ClN3O3. The zero-order chi connectivity index (χ0) is 19.5. The lowest BCUT2D eigenvalue weighted by Crippen LogP contribution is -2.58. The van der Waals surface area contributed by atoms with Crippen LogP contribution in [0.1, 0.15) is 42.9 Å². The lowest BCUT2D eigenvalue weighted by Gasteiger charge is -2.43. The van der Waals surface area contributed by atoms with Crippen LogP contribution >= 0.6 is 12.4 Å². The summed E-state index contributed by atoms with van der Waals surface area (Å²) in [5.74, 6) is 0.218. The summed E-state index contributed by atoms with van der Waals surface area (Å²) in [7, 11) is 0. The molecule has 7 heteroatoms. The number of hydrogen-bond acceptors (Lipinski definition) is 4. The second-order valence-electron chi connectivity index (χ2n) is 8.30. The van der Waals surface area contributed by atoms with Gasteiger partial charge in [0.05, 0.1) is 18.6 Å². The van der Waals surface area contributed by atoms with E-state index in [-0.39, 0.29) is 42.3 Å². The number of amides is 2. The van der Waals surface area contributed by atoms with E-state index in [1.54, 1.807) is 0 Å². The zero-order valence-corrected chi connectivity index (χ0v) is 18.0. The average molecular weight is 422 g/mol. The number of carbonyl (C=O) groups excluding carboxylic acids is 2. The Morgan fingerprint density at radius 2 is 1.93 bits per heavy atom. The summed E-state index contributed by atoms with van der Waals surface area (Å²) >= 11 is 0. The van der Waals surface area contributed by atoms with Crippen LogP contribution in [0.15, 0.2) is 24.3 Å². The van der Waals surface area contributed by atoms with E-state index in [0.29, 0.717) is 19.7 Å². The molecule has 0 bridgehead atoms. The van der Waals surface area contributed by atoms with Gasteiger partial charge in [0.1, 0.15) is 0 Å². The van der Waals surface area contributed by atoms with Gasteiger partial charge in [-0.25, -0.2) is 0 Å². The molecule has 3 unspecified atom stereocenters. The number of hydrogen-bond donors (Lipinski definition) is 1. The number of piperazine rings is 1. The van der Waals surface area contributed by atoms with Gasteiger partial charge >= 0.3 is 0 Å². The maximum absolute atomic E-state index is 13.4. The Bertz CT molecular complexity index is 712. The Morgan fingerprint density at radius 1 is 1.14 bits per heavy atom. The first-order chi connectivity index (χ1) is 13.6. The Balaban J connectivity index is 0.00000240. The van der Waals surface area contributed by atoms with Crippen molar-refractivity contribution >= 4 is 24.2 Å². The molecule has 3 atom stereocenters. The number of carbonyl (C=O) groups is 2. The van der Waals surface area contributed by atoms with Gasteiger partial charge in [-0.15, -0.1) is 12.4 Å². The van der Waals surface area contributed by atoms with E-state index < -0.39 is 0 Å². The maximum atomic E-state index is 13.4. The summed E-state index contributed by atoms with van der Waals surface area (Å²) in [5.41, 5.74) is 2.30. The number of aryl methyl sites for hydroxylation is 1. The highest BCUT2D eigenvalue weighted by atomic mass is 35.5. The molecule has 0 radical (unpaired) electrons. The lowest BCUT2D eigenvalue weighted by molar-refractivity contribution is -0.150. The van der Waals surface area contributed by atoms with Crippen LogP contribution in [0.25, 0.3) is 0 Å². The Morgan fingerprint density at radius 3 is 2.69 bits per heavy atom. The fraction of sp³-hybridized carbons (Fsp3) is 0.636. The summed E-state index contributed by atoms with van der Waals surface area (Å²) in [5, 5.41) is 3.13. The van der Waals surface area contributed by atoms with Gasteiger partial charge in [-0.2, -0.15) is 0 Å². The van der Waals surface area contributed by atoms with Gasteiger partial charge in [-0.1, -0.05) is 29.8 Å². The molecule has 2 amide bonds. The van der Waals surface area contributed by atoms with Crippen LogP contribution in [-0.4, -0.2) is 67.0 Å². The number of piperidine rings is 1. The molecule has 0 saturated carbocycles. The number of likely N-dealkylation sites (tertiary alicyclic amines) is 1. The summed E-state index contributed by atoms with van der Waals surface area (Å²) < 4.78 is 6.07. The molecule has 160 valence electrons. The molecule has 6 nitrogen and oxygen atoms in total. The minimum absolute atomic E-state index is 0. The van der Waals surface area contributed by atoms with E-state index in [4.69, 9.17) is 4.74 Å². The van der Waals surface area contributed by atoms with E-state index in [1.807, 2.05) is 9.80 Å². The van der Waals surface area contributed by atoms with E-state index in [2.05, 4.69) is 36.5 Å². The summed E-state index contributed by atoms with van der Waals surface area (Å²) in [6.45, 7) is 6.21. The molecule has 4 rings (SSSR count). The van der Waals surface area contributed by atoms with Crippen molar-refractivity contribution in [2.75, 3.05) is 39.3 Å². The maximum Gasteiger partial charge on any atom is 0.236 e. The van der Waals surface area contributed by atoms with Crippen molar-refractivity contribution in [2.24, 2.45) is 5.92 Å². The molecule has 1 N–H and O–H groups in total. The van der Waals surface area contributed by atoms with E-state index in [9.17, 15) is 9.59 Å². The van der Waals surface area contributed by atoms with Crippen molar-refractivity contribution in [2.45, 2.75) is 44.8 Å². The van der Waals surface area contributed by atoms with Crippen LogP contribution < -0.4 is 5.32 Å². The van der Waals surface area contributed by atoms with E-state index >= 15 is 0 Å². The quantitative estimate of drug-likeness (QED) is 0.813. The Hall–Kier alpha value is -1.63. The predicted octanol–water partition coefficient (Wildman–Crippen LogP) is 2.31. The summed E-state index contributed by atoms with van der Waals surface area (Å²) in [6.07, 6.45) is 3.56. The second kappa shape index (κ2) is 9.92. The van der Waals surface area contributed by atoms with Crippen LogP contribution in [0, 0.1) is 12.8 Å².